The van der Waals surface area contributed by atoms with Gasteiger partial charge in [0.15, 0.2) is 0 Å². The molecule has 2 aliphatic heterocycles. The van der Waals surface area contributed by atoms with Crippen molar-refractivity contribution in [3.05, 3.63) is 29.8 Å². The Morgan fingerprint density at radius 2 is 1.85 bits per heavy atom. The quantitative estimate of drug-likeness (QED) is 0.818. The largest absolute Gasteiger partial charge is 0.350 e. The molecule has 2 heterocycles. The Morgan fingerprint density at radius 3 is 2.42 bits per heavy atom. The number of nitrogens with zero attached hydrogens (tertiary/aromatic N) is 1. The fourth-order valence-corrected chi connectivity index (χ4v) is 5.66. The van der Waals surface area contributed by atoms with E-state index >= 15 is 0 Å². The normalized spacial score (nSPS) is 27.4. The maximum atomic E-state index is 12.9. The Kier molecular flexibility index (Phi) is 5.99. The van der Waals surface area contributed by atoms with Crippen LogP contribution in [0.5, 0.6) is 0 Å². The topological polar surface area (TPSA) is 78.5 Å². The van der Waals surface area contributed by atoms with Crippen molar-refractivity contribution in [2.45, 2.75) is 44.0 Å². The molecular weight excluding hydrogens is 350 g/mol. The Morgan fingerprint density at radius 1 is 1.19 bits per heavy atom. The van der Waals surface area contributed by atoms with Crippen LogP contribution in [0.25, 0.3) is 0 Å². The molecule has 2 saturated heterocycles. The van der Waals surface area contributed by atoms with Crippen molar-refractivity contribution in [1.29, 1.82) is 0 Å². The minimum atomic E-state index is -3.50. The van der Waals surface area contributed by atoms with E-state index in [-0.39, 0.29) is 10.8 Å². The monoisotopic (exact) mass is 379 g/mol. The highest BCUT2D eigenvalue weighted by Crippen LogP contribution is 2.26. The predicted molar refractivity (Wildman–Crippen MR) is 102 cm³/mol. The molecule has 26 heavy (non-hydrogen) atoms. The fourth-order valence-electron chi connectivity index (χ4n) is 3.98. The second kappa shape index (κ2) is 8.06. The van der Waals surface area contributed by atoms with Crippen LogP contribution in [0.1, 0.15) is 43.5 Å². The highest BCUT2D eigenvalue weighted by molar-refractivity contribution is 7.89. The SMILES string of the molecule is CC1CC(C)CN(S(=O)(=O)c2ccc(C(=O)NCC3CCCN3)cc2)C1. The Balaban J connectivity index is 1.65. The van der Waals surface area contributed by atoms with Crippen molar-refractivity contribution in [1.82, 2.24) is 14.9 Å². The number of hydrogen-bond acceptors (Lipinski definition) is 4. The van der Waals surface area contributed by atoms with E-state index in [9.17, 15) is 13.2 Å². The van der Waals surface area contributed by atoms with Crippen molar-refractivity contribution in [2.75, 3.05) is 26.2 Å². The number of hydrogen-bond donors (Lipinski definition) is 2. The summed E-state index contributed by atoms with van der Waals surface area (Å²) in [5, 5.41) is 6.25. The van der Waals surface area contributed by atoms with Gasteiger partial charge >= 0.3 is 0 Å². The number of nitrogens with one attached hydrogen (secondary N) is 2. The average Bonchev–Trinajstić information content (AvgIpc) is 3.12. The third-order valence-corrected chi connectivity index (χ3v) is 7.11. The van der Waals surface area contributed by atoms with Gasteiger partial charge in [-0.15, -0.1) is 0 Å². The van der Waals surface area contributed by atoms with E-state index in [1.165, 1.54) is 0 Å². The van der Waals surface area contributed by atoms with Gasteiger partial charge in [-0.25, -0.2) is 8.42 Å². The molecule has 0 spiro atoms. The maximum Gasteiger partial charge on any atom is 0.251 e. The van der Waals surface area contributed by atoms with E-state index in [0.717, 1.165) is 25.8 Å². The number of carbonyl (C=O) groups excluding carboxylic acids is 1. The lowest BCUT2D eigenvalue weighted by Gasteiger charge is -2.34. The molecule has 3 rings (SSSR count). The molecule has 2 aliphatic rings. The van der Waals surface area contributed by atoms with E-state index in [1.807, 2.05) is 0 Å². The summed E-state index contributed by atoms with van der Waals surface area (Å²) in [7, 11) is -3.50. The fraction of sp³-hybridized carbons (Fsp3) is 0.632. The molecule has 0 saturated carbocycles. The third-order valence-electron chi connectivity index (χ3n) is 5.26. The molecule has 6 nitrogen and oxygen atoms in total. The molecule has 3 unspecified atom stereocenters. The zero-order chi connectivity index (χ0) is 18.7. The first-order valence-electron chi connectivity index (χ1n) is 9.48. The minimum Gasteiger partial charge on any atom is -0.350 e. The molecule has 3 atom stereocenters. The van der Waals surface area contributed by atoms with Crippen LogP contribution in [0.2, 0.25) is 0 Å². The Hall–Kier alpha value is -1.44. The second-order valence-corrected chi connectivity index (χ2v) is 9.73. The van der Waals surface area contributed by atoms with Gasteiger partial charge in [0.2, 0.25) is 10.0 Å². The summed E-state index contributed by atoms with van der Waals surface area (Å²) in [5.74, 6) is 0.563. The van der Waals surface area contributed by atoms with Gasteiger partial charge in [0, 0.05) is 31.2 Å². The van der Waals surface area contributed by atoms with Gasteiger partial charge in [-0.1, -0.05) is 13.8 Å². The van der Waals surface area contributed by atoms with Gasteiger partial charge in [-0.2, -0.15) is 4.31 Å². The van der Waals surface area contributed by atoms with E-state index < -0.39 is 10.0 Å². The van der Waals surface area contributed by atoms with Gasteiger partial charge in [-0.3, -0.25) is 4.79 Å². The van der Waals surface area contributed by atoms with Gasteiger partial charge in [0.1, 0.15) is 0 Å². The second-order valence-electron chi connectivity index (χ2n) is 7.80. The highest BCUT2D eigenvalue weighted by Gasteiger charge is 2.31. The minimum absolute atomic E-state index is 0.164. The van der Waals surface area contributed by atoms with Crippen molar-refractivity contribution in [2.24, 2.45) is 11.8 Å². The Labute approximate surface area is 156 Å². The molecule has 0 radical (unpaired) electrons. The van der Waals surface area contributed by atoms with Crippen LogP contribution in [0.4, 0.5) is 0 Å². The summed E-state index contributed by atoms with van der Waals surface area (Å²) < 4.78 is 27.3. The van der Waals surface area contributed by atoms with Gasteiger partial charge in [-0.05, 0) is 61.9 Å². The number of carbonyl (C=O) groups is 1. The number of piperidine rings is 1. The average molecular weight is 380 g/mol. The predicted octanol–water partition coefficient (Wildman–Crippen LogP) is 1.83. The molecule has 1 aromatic rings. The van der Waals surface area contributed by atoms with Gasteiger partial charge in [0.05, 0.1) is 4.90 Å². The molecule has 2 fully saturated rings. The first kappa shape index (κ1) is 19.3. The van der Waals surface area contributed by atoms with E-state index in [1.54, 1.807) is 28.6 Å². The lowest BCUT2D eigenvalue weighted by atomic mass is 9.94. The van der Waals surface area contributed by atoms with Crippen LogP contribution in [0.15, 0.2) is 29.2 Å². The highest BCUT2D eigenvalue weighted by atomic mass is 32.2. The maximum absolute atomic E-state index is 12.9. The number of sulfonamides is 1. The van der Waals surface area contributed by atoms with Crippen LogP contribution in [0.3, 0.4) is 0 Å². The summed E-state index contributed by atoms with van der Waals surface area (Å²) in [6.45, 7) is 6.89. The molecule has 1 aromatic carbocycles. The molecular formula is C19H29N3O3S. The standard InChI is InChI=1S/C19H29N3O3S/c1-14-10-15(2)13-22(12-14)26(24,25)18-7-5-16(6-8-18)19(23)21-11-17-4-3-9-20-17/h5-8,14-15,17,20H,3-4,9-13H2,1-2H3,(H,21,23). The summed E-state index contributed by atoms with van der Waals surface area (Å²) in [5.41, 5.74) is 0.488. The number of rotatable bonds is 5. The lowest BCUT2D eigenvalue weighted by Crippen LogP contribution is -2.42. The van der Waals surface area contributed by atoms with E-state index in [4.69, 9.17) is 0 Å². The zero-order valence-electron chi connectivity index (χ0n) is 15.6. The smallest absolute Gasteiger partial charge is 0.251 e. The summed E-state index contributed by atoms with van der Waals surface area (Å²) in [6.07, 6.45) is 3.27. The van der Waals surface area contributed by atoms with Crippen molar-refractivity contribution in [3.8, 4) is 0 Å². The van der Waals surface area contributed by atoms with E-state index in [0.29, 0.717) is 43.1 Å². The molecule has 0 aromatic heterocycles. The lowest BCUT2D eigenvalue weighted by molar-refractivity contribution is 0.0950. The Bertz CT molecular complexity index is 717. The molecule has 144 valence electrons. The van der Waals surface area contributed by atoms with Crippen LogP contribution in [-0.4, -0.2) is 50.9 Å². The van der Waals surface area contributed by atoms with E-state index in [2.05, 4.69) is 24.5 Å². The summed E-state index contributed by atoms with van der Waals surface area (Å²) >= 11 is 0. The first-order chi connectivity index (χ1) is 12.4. The van der Waals surface area contributed by atoms with Crippen LogP contribution in [-0.2, 0) is 10.0 Å². The molecule has 0 aliphatic carbocycles. The molecule has 7 heteroatoms. The molecule has 2 N–H and O–H groups in total. The molecule has 0 bridgehead atoms. The summed E-state index contributed by atoms with van der Waals surface area (Å²) in [6, 6.07) is 6.62. The van der Waals surface area contributed by atoms with Gasteiger partial charge in [0.25, 0.3) is 5.91 Å². The van der Waals surface area contributed by atoms with Crippen molar-refractivity contribution < 1.29 is 13.2 Å². The molecule has 1 amide bonds. The first-order valence-corrected chi connectivity index (χ1v) is 10.9. The zero-order valence-corrected chi connectivity index (χ0v) is 16.4. The third kappa shape index (κ3) is 4.45. The van der Waals surface area contributed by atoms with Crippen LogP contribution < -0.4 is 10.6 Å². The van der Waals surface area contributed by atoms with Crippen LogP contribution in [0, 0.1) is 11.8 Å². The van der Waals surface area contributed by atoms with Crippen molar-refractivity contribution in [3.63, 3.8) is 0 Å². The number of amides is 1. The van der Waals surface area contributed by atoms with Crippen molar-refractivity contribution >= 4 is 15.9 Å². The van der Waals surface area contributed by atoms with Gasteiger partial charge < -0.3 is 10.6 Å². The summed E-state index contributed by atoms with van der Waals surface area (Å²) in [4.78, 5) is 12.5. The van der Waals surface area contributed by atoms with Crippen LogP contribution >= 0.6 is 0 Å². The number of benzene rings is 1.